The van der Waals surface area contributed by atoms with Gasteiger partial charge in [0.15, 0.2) is 6.29 Å². The summed E-state index contributed by atoms with van der Waals surface area (Å²) in [6, 6.07) is 23.0. The van der Waals surface area contributed by atoms with Gasteiger partial charge in [-0.3, -0.25) is 0 Å². The third-order valence-electron chi connectivity index (χ3n) is 4.45. The van der Waals surface area contributed by atoms with Crippen molar-refractivity contribution in [1.82, 2.24) is 4.57 Å². The Morgan fingerprint density at radius 1 is 0.857 bits per heavy atom. The molecule has 6 heteroatoms. The predicted octanol–water partition coefficient (Wildman–Crippen LogP) is 6.13. The van der Waals surface area contributed by atoms with E-state index in [-0.39, 0.29) is 0 Å². The second-order valence-corrected chi connectivity index (χ2v) is 8.34. The Morgan fingerprint density at radius 2 is 1.61 bits per heavy atom. The van der Waals surface area contributed by atoms with E-state index in [1.807, 2.05) is 77.4 Å². The van der Waals surface area contributed by atoms with Gasteiger partial charge < -0.3 is 14.8 Å². The van der Waals surface area contributed by atoms with Gasteiger partial charge in [0.05, 0.1) is 5.69 Å². The normalized spacial score (nSPS) is 11.5. The first-order valence-electron chi connectivity index (χ1n) is 8.68. The predicted molar refractivity (Wildman–Crippen MR) is 115 cm³/mol. The molecule has 4 aromatic rings. The molecule has 3 aromatic carbocycles. The van der Waals surface area contributed by atoms with Crippen molar-refractivity contribution in [3.05, 3.63) is 94.1 Å². The lowest BCUT2D eigenvalue weighted by molar-refractivity contribution is -0.0499. The second kappa shape index (κ2) is 8.19. The third kappa shape index (κ3) is 3.93. The number of aliphatic hydroxyl groups excluding tert-OH is 1. The number of rotatable bonds is 5. The molecule has 0 saturated carbocycles. The van der Waals surface area contributed by atoms with Crippen LogP contribution in [-0.4, -0.2) is 14.8 Å². The lowest BCUT2D eigenvalue weighted by Gasteiger charge is -2.14. The molecule has 0 fully saturated rings. The first-order valence-corrected chi connectivity index (χ1v) is 10.3. The van der Waals surface area contributed by atoms with Crippen LogP contribution in [0.1, 0.15) is 17.5 Å². The molecule has 0 spiro atoms. The van der Waals surface area contributed by atoms with Gasteiger partial charge in [0.25, 0.3) is 0 Å². The fraction of sp³-hybridized carbons (Fsp3) is 0.0909. The standard InChI is InChI=1S/C22H17Cl2NO2S/c23-15-6-4-5-14(11-15)13-25-19-10-9-16(24)12-18(19)21(20(25)22(26)27)28-17-7-2-1-3-8-17/h1-12,22,26-27H,13H2. The summed E-state index contributed by atoms with van der Waals surface area (Å²) in [6.45, 7) is 0.459. The summed E-state index contributed by atoms with van der Waals surface area (Å²) in [4.78, 5) is 1.78. The van der Waals surface area contributed by atoms with Crippen molar-refractivity contribution in [2.24, 2.45) is 0 Å². The van der Waals surface area contributed by atoms with Crippen molar-refractivity contribution in [3.8, 4) is 0 Å². The molecule has 0 atom stereocenters. The summed E-state index contributed by atoms with van der Waals surface area (Å²) in [6.07, 6.45) is -1.63. The summed E-state index contributed by atoms with van der Waals surface area (Å²) in [5.41, 5.74) is 2.29. The minimum absolute atomic E-state index is 0.436. The van der Waals surface area contributed by atoms with Crippen molar-refractivity contribution in [1.29, 1.82) is 0 Å². The van der Waals surface area contributed by atoms with Crippen LogP contribution in [0.3, 0.4) is 0 Å². The zero-order valence-corrected chi connectivity index (χ0v) is 17.0. The van der Waals surface area contributed by atoms with Crippen molar-refractivity contribution < 1.29 is 10.2 Å². The molecule has 0 aliphatic heterocycles. The third-order valence-corrected chi connectivity index (χ3v) is 6.07. The molecule has 4 rings (SSSR count). The number of halogens is 2. The van der Waals surface area contributed by atoms with Crippen LogP contribution in [0.25, 0.3) is 10.9 Å². The fourth-order valence-corrected chi connectivity index (χ4v) is 4.78. The summed E-state index contributed by atoms with van der Waals surface area (Å²) in [5, 5.41) is 22.6. The van der Waals surface area contributed by atoms with E-state index in [9.17, 15) is 10.2 Å². The highest BCUT2D eigenvalue weighted by Gasteiger charge is 2.23. The Kier molecular flexibility index (Phi) is 5.67. The van der Waals surface area contributed by atoms with E-state index < -0.39 is 6.29 Å². The SMILES string of the molecule is OC(O)c1c(Sc2ccccc2)c2cc(Cl)ccc2n1Cc1cccc(Cl)c1. The zero-order chi connectivity index (χ0) is 19.7. The van der Waals surface area contributed by atoms with Gasteiger partial charge in [-0.15, -0.1) is 0 Å². The van der Waals surface area contributed by atoms with Gasteiger partial charge in [0, 0.05) is 37.3 Å². The number of aromatic nitrogens is 1. The second-order valence-electron chi connectivity index (χ2n) is 6.38. The van der Waals surface area contributed by atoms with Gasteiger partial charge in [-0.25, -0.2) is 0 Å². The van der Waals surface area contributed by atoms with Crippen LogP contribution in [0.2, 0.25) is 10.0 Å². The molecule has 1 aromatic heterocycles. The zero-order valence-electron chi connectivity index (χ0n) is 14.7. The van der Waals surface area contributed by atoms with Gasteiger partial charge in [-0.2, -0.15) is 0 Å². The molecule has 0 radical (unpaired) electrons. The highest BCUT2D eigenvalue weighted by Crippen LogP contribution is 2.41. The molecular weight excluding hydrogens is 413 g/mol. The fourth-order valence-electron chi connectivity index (χ4n) is 3.27. The molecule has 0 saturated heterocycles. The van der Waals surface area contributed by atoms with E-state index in [0.717, 1.165) is 26.3 Å². The Hall–Kier alpha value is -1.95. The highest BCUT2D eigenvalue weighted by molar-refractivity contribution is 7.99. The summed E-state index contributed by atoms with van der Waals surface area (Å²) in [5.74, 6) is 0. The molecule has 0 aliphatic carbocycles. The van der Waals surface area contributed by atoms with E-state index in [4.69, 9.17) is 23.2 Å². The smallest absolute Gasteiger partial charge is 0.195 e. The van der Waals surface area contributed by atoms with Crippen LogP contribution < -0.4 is 0 Å². The van der Waals surface area contributed by atoms with Crippen molar-refractivity contribution in [2.75, 3.05) is 0 Å². The average Bonchev–Trinajstić information content (AvgIpc) is 2.95. The maximum absolute atomic E-state index is 10.2. The lowest BCUT2D eigenvalue weighted by atomic mass is 10.2. The number of hydrogen-bond donors (Lipinski definition) is 2. The largest absolute Gasteiger partial charge is 0.363 e. The molecule has 1 heterocycles. The summed E-state index contributed by atoms with van der Waals surface area (Å²) >= 11 is 13.9. The van der Waals surface area contributed by atoms with Gasteiger partial charge >= 0.3 is 0 Å². The van der Waals surface area contributed by atoms with Crippen LogP contribution in [0.5, 0.6) is 0 Å². The number of benzene rings is 3. The summed E-state index contributed by atoms with van der Waals surface area (Å²) < 4.78 is 1.91. The maximum atomic E-state index is 10.2. The number of fused-ring (bicyclic) bond motifs is 1. The van der Waals surface area contributed by atoms with Crippen molar-refractivity contribution >= 4 is 45.9 Å². The molecular formula is C22H17Cl2NO2S. The van der Waals surface area contributed by atoms with Crippen LogP contribution in [-0.2, 0) is 6.54 Å². The van der Waals surface area contributed by atoms with Crippen molar-refractivity contribution in [2.45, 2.75) is 22.6 Å². The number of hydrogen-bond acceptors (Lipinski definition) is 3. The number of aliphatic hydroxyl groups is 2. The molecule has 3 nitrogen and oxygen atoms in total. The van der Waals surface area contributed by atoms with Gasteiger partial charge in [-0.1, -0.05) is 65.3 Å². The van der Waals surface area contributed by atoms with Gasteiger partial charge in [0.1, 0.15) is 0 Å². The van der Waals surface area contributed by atoms with E-state index in [1.165, 1.54) is 11.8 Å². The van der Waals surface area contributed by atoms with Crippen LogP contribution in [0.4, 0.5) is 0 Å². The monoisotopic (exact) mass is 429 g/mol. The summed E-state index contributed by atoms with van der Waals surface area (Å²) in [7, 11) is 0. The Balaban J connectivity index is 1.92. The van der Waals surface area contributed by atoms with Gasteiger partial charge in [0.2, 0.25) is 0 Å². The Morgan fingerprint density at radius 3 is 2.32 bits per heavy atom. The van der Waals surface area contributed by atoms with E-state index in [1.54, 1.807) is 0 Å². The molecule has 0 aliphatic rings. The quantitative estimate of drug-likeness (QED) is 0.375. The minimum atomic E-state index is -1.63. The first kappa shape index (κ1) is 19.4. The van der Waals surface area contributed by atoms with Crippen LogP contribution >= 0.6 is 35.0 Å². The van der Waals surface area contributed by atoms with Crippen molar-refractivity contribution in [3.63, 3.8) is 0 Å². The van der Waals surface area contributed by atoms with Crippen LogP contribution in [0.15, 0.2) is 82.6 Å². The number of nitrogens with zero attached hydrogens (tertiary/aromatic N) is 1. The molecule has 142 valence electrons. The van der Waals surface area contributed by atoms with E-state index >= 15 is 0 Å². The topological polar surface area (TPSA) is 45.4 Å². The van der Waals surface area contributed by atoms with Gasteiger partial charge in [-0.05, 0) is 48.0 Å². The lowest BCUT2D eigenvalue weighted by Crippen LogP contribution is -2.09. The van der Waals surface area contributed by atoms with Crippen LogP contribution in [0, 0.1) is 0 Å². The molecule has 28 heavy (non-hydrogen) atoms. The van der Waals surface area contributed by atoms with E-state index in [2.05, 4.69) is 0 Å². The Labute approximate surface area is 177 Å². The molecule has 0 unspecified atom stereocenters. The molecule has 2 N–H and O–H groups in total. The van der Waals surface area contributed by atoms with E-state index in [0.29, 0.717) is 22.3 Å². The molecule has 0 bridgehead atoms. The first-order chi connectivity index (χ1) is 13.5. The minimum Gasteiger partial charge on any atom is -0.363 e. The Bertz CT molecular complexity index is 1130. The highest BCUT2D eigenvalue weighted by atomic mass is 35.5. The molecule has 0 amide bonds. The maximum Gasteiger partial charge on any atom is 0.195 e. The average molecular weight is 430 g/mol.